The molecular weight excluding hydrogens is 420 g/mol. The number of nitrogens with one attached hydrogen (secondary N) is 1. The van der Waals surface area contributed by atoms with E-state index in [1.54, 1.807) is 6.07 Å². The maximum Gasteiger partial charge on any atom is 0.241 e. The highest BCUT2D eigenvalue weighted by molar-refractivity contribution is 5.91. The number of hydrogen-bond donors (Lipinski definition) is 3. The predicted molar refractivity (Wildman–Crippen MR) is 127 cm³/mol. The van der Waals surface area contributed by atoms with Crippen LogP contribution in [0.3, 0.4) is 0 Å². The summed E-state index contributed by atoms with van der Waals surface area (Å²) in [5.41, 5.74) is 14.3. The van der Waals surface area contributed by atoms with Gasteiger partial charge in [0.15, 0.2) is 5.76 Å². The number of pyridine rings is 1. The van der Waals surface area contributed by atoms with Crippen molar-refractivity contribution in [2.75, 3.05) is 36.5 Å². The highest BCUT2D eigenvalue weighted by atomic mass is 16.5. The molecule has 0 aliphatic carbocycles. The van der Waals surface area contributed by atoms with E-state index in [0.717, 1.165) is 42.9 Å². The first-order valence-corrected chi connectivity index (χ1v) is 11.2. The molecule has 3 heterocycles. The van der Waals surface area contributed by atoms with Gasteiger partial charge in [0.1, 0.15) is 17.2 Å². The number of benzene rings is 1. The first-order chi connectivity index (χ1) is 16.0. The van der Waals surface area contributed by atoms with Crippen LogP contribution in [0.1, 0.15) is 31.9 Å². The second-order valence-corrected chi connectivity index (χ2v) is 8.26. The van der Waals surface area contributed by atoms with E-state index >= 15 is 0 Å². The van der Waals surface area contributed by atoms with Gasteiger partial charge in [-0.3, -0.25) is 9.69 Å². The molecule has 1 aromatic carbocycles. The number of amides is 1. The van der Waals surface area contributed by atoms with Gasteiger partial charge in [0.2, 0.25) is 11.8 Å². The number of carbonyl (C=O) groups is 1. The van der Waals surface area contributed by atoms with Crippen molar-refractivity contribution in [1.82, 2.24) is 15.0 Å². The molecule has 174 valence electrons. The third-order valence-electron chi connectivity index (χ3n) is 5.79. The van der Waals surface area contributed by atoms with E-state index in [4.69, 9.17) is 20.7 Å². The van der Waals surface area contributed by atoms with Crippen LogP contribution in [0.2, 0.25) is 0 Å². The number of likely N-dealkylation sites (tertiary alicyclic amines) is 1. The Morgan fingerprint density at radius 3 is 2.70 bits per heavy atom. The fourth-order valence-electron chi connectivity index (χ4n) is 4.02. The Hall–Kier alpha value is -3.59. The summed E-state index contributed by atoms with van der Waals surface area (Å²) in [7, 11) is 0. The second kappa shape index (κ2) is 10.4. The van der Waals surface area contributed by atoms with Crippen molar-refractivity contribution in [3.63, 3.8) is 0 Å². The number of hydrogen-bond acceptors (Lipinski definition) is 8. The molecule has 9 nitrogen and oxygen atoms in total. The predicted octanol–water partition coefficient (Wildman–Crippen LogP) is 3.54. The molecule has 33 heavy (non-hydrogen) atoms. The molecule has 1 aliphatic rings. The first kappa shape index (κ1) is 22.6. The average molecular weight is 451 g/mol. The van der Waals surface area contributed by atoms with Crippen molar-refractivity contribution in [1.29, 1.82) is 0 Å². The molecule has 1 amide bonds. The highest BCUT2D eigenvalue weighted by Gasteiger charge is 2.23. The van der Waals surface area contributed by atoms with Crippen LogP contribution in [0.15, 0.2) is 47.0 Å². The summed E-state index contributed by atoms with van der Waals surface area (Å²) < 4.78 is 10.9. The van der Waals surface area contributed by atoms with Crippen LogP contribution in [0, 0.1) is 5.92 Å². The van der Waals surface area contributed by atoms with Crippen LogP contribution in [-0.2, 0) is 11.3 Å². The van der Waals surface area contributed by atoms with Crippen molar-refractivity contribution in [2.45, 2.75) is 32.7 Å². The molecule has 2 aromatic heterocycles. The van der Waals surface area contributed by atoms with E-state index in [0.29, 0.717) is 37.0 Å². The van der Waals surface area contributed by atoms with Crippen LogP contribution in [0.5, 0.6) is 5.88 Å². The van der Waals surface area contributed by atoms with Crippen molar-refractivity contribution in [3.8, 4) is 17.1 Å². The van der Waals surface area contributed by atoms with E-state index in [2.05, 4.69) is 20.4 Å². The number of aromatic nitrogens is 2. The SMILES string of the molecule is CCOc1nc(NC(=O)CC2CCN(Cc3cc(-c4ccccc4)no3)CC2)cc(N)c1N. The first-order valence-electron chi connectivity index (χ1n) is 11.2. The molecular formula is C24H30N6O3. The summed E-state index contributed by atoms with van der Waals surface area (Å²) in [6.07, 6.45) is 2.31. The second-order valence-electron chi connectivity index (χ2n) is 8.26. The largest absolute Gasteiger partial charge is 0.476 e. The topological polar surface area (TPSA) is 133 Å². The van der Waals surface area contributed by atoms with Gasteiger partial charge in [0, 0.05) is 24.1 Å². The molecule has 0 radical (unpaired) electrons. The summed E-state index contributed by atoms with van der Waals surface area (Å²) in [5.74, 6) is 1.67. The van der Waals surface area contributed by atoms with Gasteiger partial charge in [-0.1, -0.05) is 35.5 Å². The molecule has 4 rings (SSSR count). The smallest absolute Gasteiger partial charge is 0.241 e. The van der Waals surface area contributed by atoms with Crippen LogP contribution in [0.4, 0.5) is 17.2 Å². The minimum Gasteiger partial charge on any atom is -0.476 e. The van der Waals surface area contributed by atoms with Crippen molar-refractivity contribution < 1.29 is 14.1 Å². The Kier molecular flexibility index (Phi) is 7.09. The summed E-state index contributed by atoms with van der Waals surface area (Å²) in [6, 6.07) is 13.5. The third kappa shape index (κ3) is 5.81. The lowest BCUT2D eigenvalue weighted by molar-refractivity contribution is -0.117. The number of ether oxygens (including phenoxy) is 1. The molecule has 0 bridgehead atoms. The average Bonchev–Trinajstić information content (AvgIpc) is 3.28. The van der Waals surface area contributed by atoms with E-state index in [1.165, 1.54) is 0 Å². The van der Waals surface area contributed by atoms with Gasteiger partial charge in [0.25, 0.3) is 0 Å². The lowest BCUT2D eigenvalue weighted by Crippen LogP contribution is -2.34. The van der Waals surface area contributed by atoms with Gasteiger partial charge in [0.05, 0.1) is 18.8 Å². The minimum absolute atomic E-state index is 0.0877. The Bertz CT molecular complexity index is 1080. The Morgan fingerprint density at radius 1 is 1.21 bits per heavy atom. The third-order valence-corrected chi connectivity index (χ3v) is 5.79. The zero-order chi connectivity index (χ0) is 23.2. The molecule has 1 fully saturated rings. The zero-order valence-corrected chi connectivity index (χ0v) is 18.8. The number of anilines is 3. The van der Waals surface area contributed by atoms with Gasteiger partial charge in [-0.2, -0.15) is 4.98 Å². The molecule has 3 aromatic rings. The summed E-state index contributed by atoms with van der Waals surface area (Å²) in [4.78, 5) is 19.1. The lowest BCUT2D eigenvalue weighted by Gasteiger charge is -2.30. The van der Waals surface area contributed by atoms with Crippen LogP contribution >= 0.6 is 0 Å². The number of piperidine rings is 1. The number of nitrogens with two attached hydrogens (primary N) is 2. The Balaban J connectivity index is 1.25. The normalized spacial score (nSPS) is 14.8. The molecule has 0 atom stereocenters. The van der Waals surface area contributed by atoms with Crippen molar-refractivity contribution in [3.05, 3.63) is 48.2 Å². The molecule has 0 unspecified atom stereocenters. The van der Waals surface area contributed by atoms with Gasteiger partial charge >= 0.3 is 0 Å². The van der Waals surface area contributed by atoms with E-state index in [-0.39, 0.29) is 17.5 Å². The number of carbonyl (C=O) groups excluding carboxylic acids is 1. The van der Waals surface area contributed by atoms with Crippen LogP contribution in [-0.4, -0.2) is 40.6 Å². The maximum absolute atomic E-state index is 12.6. The minimum atomic E-state index is -0.0877. The number of rotatable bonds is 8. The molecule has 5 N–H and O–H groups in total. The fraction of sp³-hybridized carbons (Fsp3) is 0.375. The number of nitrogens with zero attached hydrogens (tertiary/aromatic N) is 3. The van der Waals surface area contributed by atoms with Gasteiger partial charge < -0.3 is 26.0 Å². The quantitative estimate of drug-likeness (QED) is 0.475. The maximum atomic E-state index is 12.6. The summed E-state index contributed by atoms with van der Waals surface area (Å²) in [5, 5.41) is 7.01. The van der Waals surface area contributed by atoms with E-state index in [1.807, 2.05) is 43.3 Å². The van der Waals surface area contributed by atoms with Gasteiger partial charge in [-0.25, -0.2) is 0 Å². The Morgan fingerprint density at radius 2 is 1.97 bits per heavy atom. The van der Waals surface area contributed by atoms with Crippen molar-refractivity contribution >= 4 is 23.1 Å². The highest BCUT2D eigenvalue weighted by Crippen LogP contribution is 2.29. The summed E-state index contributed by atoms with van der Waals surface area (Å²) in [6.45, 7) is 4.77. The van der Waals surface area contributed by atoms with E-state index in [9.17, 15) is 4.79 Å². The molecule has 9 heteroatoms. The number of nitrogen functional groups attached to an aromatic ring is 2. The molecule has 0 spiro atoms. The molecule has 1 saturated heterocycles. The summed E-state index contributed by atoms with van der Waals surface area (Å²) >= 11 is 0. The van der Waals surface area contributed by atoms with Crippen molar-refractivity contribution in [2.24, 2.45) is 5.92 Å². The monoisotopic (exact) mass is 450 g/mol. The van der Waals surface area contributed by atoms with Gasteiger partial charge in [-0.15, -0.1) is 0 Å². The molecule has 0 saturated carbocycles. The standard InChI is InChI=1S/C24H30N6O3/c1-2-32-24-23(26)19(25)14-21(28-24)27-22(31)12-16-8-10-30(11-9-16)15-18-13-20(29-33-18)17-6-4-3-5-7-17/h3-7,13-14,16H,2,8-12,15,26H2,1H3,(H3,25,27,28,31). The molecule has 1 aliphatic heterocycles. The lowest BCUT2D eigenvalue weighted by atomic mass is 9.93. The van der Waals surface area contributed by atoms with Crippen LogP contribution < -0.4 is 21.5 Å². The van der Waals surface area contributed by atoms with E-state index < -0.39 is 0 Å². The fourth-order valence-corrected chi connectivity index (χ4v) is 4.02. The Labute approximate surface area is 193 Å². The van der Waals surface area contributed by atoms with Crippen LogP contribution in [0.25, 0.3) is 11.3 Å². The van der Waals surface area contributed by atoms with Gasteiger partial charge in [-0.05, 0) is 38.8 Å². The zero-order valence-electron chi connectivity index (χ0n) is 18.8.